The van der Waals surface area contributed by atoms with Crippen molar-refractivity contribution < 1.29 is 8.42 Å². The lowest BCUT2D eigenvalue weighted by Gasteiger charge is -2.11. The van der Waals surface area contributed by atoms with E-state index in [9.17, 15) is 8.42 Å². The van der Waals surface area contributed by atoms with Crippen LogP contribution in [0.1, 0.15) is 12.1 Å². The Morgan fingerprint density at radius 1 is 1.61 bits per heavy atom. The van der Waals surface area contributed by atoms with Crippen LogP contribution in [0.25, 0.3) is 0 Å². The van der Waals surface area contributed by atoms with Gasteiger partial charge in [-0.2, -0.15) is 0 Å². The molecule has 7 heteroatoms. The molecule has 0 aromatic carbocycles. The third-order valence-electron chi connectivity index (χ3n) is 2.93. The molecule has 0 saturated carbocycles. The molecule has 1 atom stereocenters. The number of nitrogens with one attached hydrogen (secondary N) is 1. The summed E-state index contributed by atoms with van der Waals surface area (Å²) in [6.07, 6.45) is 2.35. The van der Waals surface area contributed by atoms with Crippen LogP contribution in [-0.2, 0) is 9.84 Å². The fraction of sp³-hybridized carbons (Fsp3) is 0.455. The van der Waals surface area contributed by atoms with E-state index in [1.165, 1.54) is 0 Å². The van der Waals surface area contributed by atoms with Crippen molar-refractivity contribution in [2.24, 2.45) is 11.7 Å². The summed E-state index contributed by atoms with van der Waals surface area (Å²) in [4.78, 5) is 4.29. The first kappa shape index (κ1) is 13.2. The largest absolute Gasteiger partial charge is 0.388 e. The van der Waals surface area contributed by atoms with E-state index in [4.69, 9.17) is 18.0 Å². The fourth-order valence-corrected chi connectivity index (χ4v) is 3.94. The van der Waals surface area contributed by atoms with E-state index >= 15 is 0 Å². The SMILES string of the molecule is NC(=S)c1cc(NCC2CCS(=O)(=O)C2)ccn1. The zero-order valence-electron chi connectivity index (χ0n) is 9.80. The van der Waals surface area contributed by atoms with E-state index in [1.54, 1.807) is 12.3 Å². The van der Waals surface area contributed by atoms with Crippen LogP contribution < -0.4 is 11.1 Å². The minimum Gasteiger partial charge on any atom is -0.388 e. The van der Waals surface area contributed by atoms with Crippen LogP contribution in [-0.4, -0.2) is 36.4 Å². The zero-order valence-corrected chi connectivity index (χ0v) is 11.4. The summed E-state index contributed by atoms with van der Waals surface area (Å²) >= 11 is 4.85. The standard InChI is InChI=1S/C11H15N3O2S2/c12-11(17)10-5-9(1-3-13-10)14-6-8-2-4-18(15,16)7-8/h1,3,5,8H,2,4,6-7H2,(H2,12,17)(H,13,14). The Hall–Kier alpha value is -1.21. The van der Waals surface area contributed by atoms with Crippen molar-refractivity contribution in [1.82, 2.24) is 4.98 Å². The molecule has 1 saturated heterocycles. The van der Waals surface area contributed by atoms with Crippen molar-refractivity contribution >= 4 is 32.7 Å². The molecule has 0 radical (unpaired) electrons. The van der Waals surface area contributed by atoms with E-state index < -0.39 is 9.84 Å². The summed E-state index contributed by atoms with van der Waals surface area (Å²) in [6, 6.07) is 3.58. The van der Waals surface area contributed by atoms with Crippen LogP contribution in [0, 0.1) is 5.92 Å². The van der Waals surface area contributed by atoms with Gasteiger partial charge in [0.25, 0.3) is 0 Å². The van der Waals surface area contributed by atoms with Gasteiger partial charge in [0.15, 0.2) is 9.84 Å². The highest BCUT2D eigenvalue weighted by Crippen LogP contribution is 2.19. The van der Waals surface area contributed by atoms with E-state index in [0.717, 1.165) is 12.1 Å². The molecule has 98 valence electrons. The molecule has 1 fully saturated rings. The number of rotatable bonds is 4. The zero-order chi connectivity index (χ0) is 13.2. The van der Waals surface area contributed by atoms with E-state index in [-0.39, 0.29) is 16.7 Å². The third-order valence-corrected chi connectivity index (χ3v) is 4.98. The molecule has 0 aliphatic carbocycles. The number of nitrogens with zero attached hydrogens (tertiary/aromatic N) is 1. The van der Waals surface area contributed by atoms with Gasteiger partial charge in [-0.05, 0) is 24.5 Å². The van der Waals surface area contributed by atoms with Crippen LogP contribution in [0.5, 0.6) is 0 Å². The Morgan fingerprint density at radius 3 is 3.00 bits per heavy atom. The minimum absolute atomic E-state index is 0.177. The molecule has 5 nitrogen and oxygen atoms in total. The molecule has 1 unspecified atom stereocenters. The van der Waals surface area contributed by atoms with E-state index in [2.05, 4.69) is 10.3 Å². The number of hydrogen-bond acceptors (Lipinski definition) is 5. The highest BCUT2D eigenvalue weighted by molar-refractivity contribution is 7.91. The van der Waals surface area contributed by atoms with Crippen molar-refractivity contribution in [2.45, 2.75) is 6.42 Å². The molecule has 3 N–H and O–H groups in total. The van der Waals surface area contributed by atoms with Crippen LogP contribution >= 0.6 is 12.2 Å². The van der Waals surface area contributed by atoms with Crippen molar-refractivity contribution in [3.05, 3.63) is 24.0 Å². The first-order chi connectivity index (χ1) is 8.46. The molecule has 1 aromatic rings. The van der Waals surface area contributed by atoms with Gasteiger partial charge < -0.3 is 11.1 Å². The van der Waals surface area contributed by atoms with Gasteiger partial charge in [0, 0.05) is 18.4 Å². The topological polar surface area (TPSA) is 85.1 Å². The number of hydrogen-bond donors (Lipinski definition) is 2. The summed E-state index contributed by atoms with van der Waals surface area (Å²) < 4.78 is 22.6. The highest BCUT2D eigenvalue weighted by Gasteiger charge is 2.27. The van der Waals surface area contributed by atoms with Gasteiger partial charge in [0.1, 0.15) is 4.99 Å². The first-order valence-electron chi connectivity index (χ1n) is 5.66. The van der Waals surface area contributed by atoms with Gasteiger partial charge in [-0.15, -0.1) is 0 Å². The van der Waals surface area contributed by atoms with Gasteiger partial charge in [-0.25, -0.2) is 8.42 Å². The molecule has 18 heavy (non-hydrogen) atoms. The summed E-state index contributed by atoms with van der Waals surface area (Å²) in [7, 11) is -2.81. The number of sulfone groups is 1. The lowest BCUT2D eigenvalue weighted by atomic mass is 10.1. The molecule has 1 aromatic heterocycles. The maximum Gasteiger partial charge on any atom is 0.150 e. The van der Waals surface area contributed by atoms with Crippen molar-refractivity contribution in [2.75, 3.05) is 23.4 Å². The third kappa shape index (κ3) is 3.39. The summed E-state index contributed by atoms with van der Waals surface area (Å²) in [6.45, 7) is 0.639. The van der Waals surface area contributed by atoms with Gasteiger partial charge in [0.2, 0.25) is 0 Å². The van der Waals surface area contributed by atoms with Crippen LogP contribution in [0.3, 0.4) is 0 Å². The Balaban J connectivity index is 1.95. The van der Waals surface area contributed by atoms with Crippen molar-refractivity contribution in [3.63, 3.8) is 0 Å². The van der Waals surface area contributed by atoms with Crippen molar-refractivity contribution in [3.8, 4) is 0 Å². The smallest absolute Gasteiger partial charge is 0.150 e. The van der Waals surface area contributed by atoms with Crippen LogP contribution in [0.2, 0.25) is 0 Å². The Labute approximate surface area is 112 Å². The van der Waals surface area contributed by atoms with E-state index in [0.29, 0.717) is 18.0 Å². The number of thiocarbonyl (C=S) groups is 1. The average Bonchev–Trinajstić information content (AvgIpc) is 2.67. The lowest BCUT2D eigenvalue weighted by molar-refractivity contribution is 0.596. The van der Waals surface area contributed by atoms with Gasteiger partial charge in [0.05, 0.1) is 17.2 Å². The molecule has 1 aliphatic heterocycles. The normalized spacial score (nSPS) is 21.7. The maximum atomic E-state index is 11.3. The highest BCUT2D eigenvalue weighted by atomic mass is 32.2. The molecule has 0 spiro atoms. The van der Waals surface area contributed by atoms with Crippen molar-refractivity contribution in [1.29, 1.82) is 0 Å². The van der Waals surface area contributed by atoms with Crippen LogP contribution in [0.15, 0.2) is 18.3 Å². The second-order valence-electron chi connectivity index (χ2n) is 4.44. The Kier molecular flexibility index (Phi) is 3.82. The van der Waals surface area contributed by atoms with Gasteiger partial charge in [-0.1, -0.05) is 12.2 Å². The predicted molar refractivity (Wildman–Crippen MR) is 75.4 cm³/mol. The first-order valence-corrected chi connectivity index (χ1v) is 7.89. The quantitative estimate of drug-likeness (QED) is 0.786. The second kappa shape index (κ2) is 5.19. The second-order valence-corrected chi connectivity index (χ2v) is 7.11. The number of aromatic nitrogens is 1. The number of nitrogens with two attached hydrogens (primary N) is 1. The molecule has 2 rings (SSSR count). The number of anilines is 1. The molecular formula is C11H15N3O2S2. The average molecular weight is 285 g/mol. The minimum atomic E-state index is -2.81. The molecule has 1 aliphatic rings. The Bertz CT molecular complexity index is 557. The van der Waals surface area contributed by atoms with E-state index in [1.807, 2.05) is 6.07 Å². The lowest BCUT2D eigenvalue weighted by Crippen LogP contribution is -2.16. The maximum absolute atomic E-state index is 11.3. The summed E-state index contributed by atoms with van der Waals surface area (Å²) in [5.74, 6) is 0.748. The Morgan fingerprint density at radius 2 is 2.39 bits per heavy atom. The molecule has 0 bridgehead atoms. The molecular weight excluding hydrogens is 270 g/mol. The summed E-state index contributed by atoms with van der Waals surface area (Å²) in [5, 5.41) is 3.20. The van der Waals surface area contributed by atoms with Crippen LogP contribution in [0.4, 0.5) is 5.69 Å². The van der Waals surface area contributed by atoms with Gasteiger partial charge in [-0.3, -0.25) is 4.98 Å². The monoisotopic (exact) mass is 285 g/mol. The number of pyridine rings is 1. The fourth-order valence-electron chi connectivity index (χ4n) is 1.97. The molecule has 2 heterocycles. The van der Waals surface area contributed by atoms with Gasteiger partial charge >= 0.3 is 0 Å². The summed E-state index contributed by atoms with van der Waals surface area (Å²) in [5.41, 5.74) is 6.92. The predicted octanol–water partition coefficient (Wildman–Crippen LogP) is 0.562. The molecule has 0 amide bonds.